The summed E-state index contributed by atoms with van der Waals surface area (Å²) in [6, 6.07) is 8.12. The van der Waals surface area contributed by atoms with Gasteiger partial charge >= 0.3 is 5.97 Å². The first kappa shape index (κ1) is 17.3. The van der Waals surface area contributed by atoms with Crippen LogP contribution in [-0.2, 0) is 4.74 Å². The van der Waals surface area contributed by atoms with Crippen LogP contribution in [0.25, 0.3) is 0 Å². The SMILES string of the molecule is CCOC(=O)c1ccc(OC2CCN(C3CCCCC3)CC2)cc1. The van der Waals surface area contributed by atoms with Crippen molar-refractivity contribution in [1.29, 1.82) is 0 Å². The summed E-state index contributed by atoms with van der Waals surface area (Å²) < 4.78 is 11.1. The largest absolute Gasteiger partial charge is 0.490 e. The highest BCUT2D eigenvalue weighted by Crippen LogP contribution is 2.27. The maximum atomic E-state index is 11.7. The zero-order chi connectivity index (χ0) is 16.8. The molecule has 1 aliphatic carbocycles. The number of piperidine rings is 1. The molecule has 0 bridgehead atoms. The van der Waals surface area contributed by atoms with Gasteiger partial charge in [-0.15, -0.1) is 0 Å². The lowest BCUT2D eigenvalue weighted by Crippen LogP contribution is -2.44. The predicted molar refractivity (Wildman–Crippen MR) is 94.5 cm³/mol. The van der Waals surface area contributed by atoms with Gasteiger partial charge in [0.1, 0.15) is 11.9 Å². The Balaban J connectivity index is 1.46. The molecule has 1 heterocycles. The van der Waals surface area contributed by atoms with Crippen molar-refractivity contribution in [1.82, 2.24) is 4.90 Å². The molecule has 132 valence electrons. The average Bonchev–Trinajstić information content (AvgIpc) is 2.64. The van der Waals surface area contributed by atoms with E-state index in [-0.39, 0.29) is 5.97 Å². The fourth-order valence-corrected chi connectivity index (χ4v) is 3.88. The monoisotopic (exact) mass is 331 g/mol. The number of carbonyl (C=O) groups excluding carboxylic acids is 1. The van der Waals surface area contributed by atoms with Crippen molar-refractivity contribution >= 4 is 5.97 Å². The van der Waals surface area contributed by atoms with E-state index in [9.17, 15) is 4.79 Å². The van der Waals surface area contributed by atoms with Crippen LogP contribution in [0.2, 0.25) is 0 Å². The van der Waals surface area contributed by atoms with Gasteiger partial charge in [-0.05, 0) is 56.9 Å². The highest BCUT2D eigenvalue weighted by atomic mass is 16.5. The third-order valence-corrected chi connectivity index (χ3v) is 5.24. The van der Waals surface area contributed by atoms with Crippen molar-refractivity contribution in [3.8, 4) is 5.75 Å². The third-order valence-electron chi connectivity index (χ3n) is 5.24. The maximum Gasteiger partial charge on any atom is 0.338 e. The van der Waals surface area contributed by atoms with Gasteiger partial charge in [0.15, 0.2) is 0 Å². The molecule has 2 aliphatic rings. The zero-order valence-electron chi connectivity index (χ0n) is 14.7. The van der Waals surface area contributed by atoms with E-state index in [1.54, 1.807) is 12.1 Å². The lowest BCUT2D eigenvalue weighted by atomic mass is 9.92. The summed E-state index contributed by atoms with van der Waals surface area (Å²) in [4.78, 5) is 14.3. The number of ether oxygens (including phenoxy) is 2. The van der Waals surface area contributed by atoms with Crippen molar-refractivity contribution < 1.29 is 14.3 Å². The van der Waals surface area contributed by atoms with Gasteiger partial charge in [-0.25, -0.2) is 4.79 Å². The number of rotatable bonds is 5. The standard InChI is InChI=1S/C20H29NO3/c1-2-23-20(22)16-8-10-18(11-9-16)24-19-12-14-21(15-13-19)17-6-4-3-5-7-17/h8-11,17,19H,2-7,12-15H2,1H3. The van der Waals surface area contributed by atoms with Crippen LogP contribution < -0.4 is 4.74 Å². The van der Waals surface area contributed by atoms with Gasteiger partial charge in [0.25, 0.3) is 0 Å². The van der Waals surface area contributed by atoms with Crippen molar-refractivity contribution in [2.75, 3.05) is 19.7 Å². The zero-order valence-corrected chi connectivity index (χ0v) is 14.7. The summed E-state index contributed by atoms with van der Waals surface area (Å²) in [5.41, 5.74) is 0.580. The Hall–Kier alpha value is -1.55. The Bertz CT molecular complexity index is 514. The Morgan fingerprint density at radius 3 is 2.33 bits per heavy atom. The molecular weight excluding hydrogens is 302 g/mol. The smallest absolute Gasteiger partial charge is 0.338 e. The normalized spacial score (nSPS) is 20.7. The van der Waals surface area contributed by atoms with E-state index in [2.05, 4.69) is 4.90 Å². The Morgan fingerprint density at radius 1 is 1.04 bits per heavy atom. The second-order valence-electron chi connectivity index (χ2n) is 6.89. The molecule has 0 radical (unpaired) electrons. The molecule has 2 fully saturated rings. The first-order valence-corrected chi connectivity index (χ1v) is 9.44. The summed E-state index contributed by atoms with van der Waals surface area (Å²) in [5.74, 6) is 0.573. The van der Waals surface area contributed by atoms with E-state index >= 15 is 0 Å². The van der Waals surface area contributed by atoms with E-state index in [1.807, 2.05) is 19.1 Å². The van der Waals surface area contributed by atoms with E-state index in [0.29, 0.717) is 18.3 Å². The Morgan fingerprint density at radius 2 is 1.71 bits per heavy atom. The topological polar surface area (TPSA) is 38.8 Å². The fourth-order valence-electron chi connectivity index (χ4n) is 3.88. The van der Waals surface area contributed by atoms with Gasteiger partial charge in [-0.3, -0.25) is 0 Å². The van der Waals surface area contributed by atoms with Crippen molar-refractivity contribution in [2.45, 2.75) is 64.0 Å². The van der Waals surface area contributed by atoms with Crippen LogP contribution in [0, 0.1) is 0 Å². The summed E-state index contributed by atoms with van der Waals surface area (Å²) in [6.45, 7) is 4.51. The minimum Gasteiger partial charge on any atom is -0.490 e. The van der Waals surface area contributed by atoms with Crippen molar-refractivity contribution in [3.63, 3.8) is 0 Å². The number of likely N-dealkylation sites (tertiary alicyclic amines) is 1. The molecule has 4 heteroatoms. The van der Waals surface area contributed by atoms with Gasteiger partial charge in [0.2, 0.25) is 0 Å². The van der Waals surface area contributed by atoms with Crippen LogP contribution in [-0.4, -0.2) is 42.7 Å². The minimum absolute atomic E-state index is 0.273. The average molecular weight is 331 g/mol. The number of hydrogen-bond acceptors (Lipinski definition) is 4. The molecule has 4 nitrogen and oxygen atoms in total. The molecule has 0 atom stereocenters. The molecule has 0 N–H and O–H groups in total. The molecule has 0 spiro atoms. The van der Waals surface area contributed by atoms with Crippen LogP contribution >= 0.6 is 0 Å². The molecule has 1 aliphatic heterocycles. The fraction of sp³-hybridized carbons (Fsp3) is 0.650. The van der Waals surface area contributed by atoms with Crippen LogP contribution in [0.3, 0.4) is 0 Å². The molecule has 1 saturated heterocycles. The Labute approximate surface area is 145 Å². The third kappa shape index (κ3) is 4.50. The molecule has 3 rings (SSSR count). The van der Waals surface area contributed by atoms with Crippen LogP contribution in [0.1, 0.15) is 62.2 Å². The van der Waals surface area contributed by atoms with E-state index in [4.69, 9.17) is 9.47 Å². The number of carbonyl (C=O) groups is 1. The minimum atomic E-state index is -0.273. The predicted octanol–water partition coefficient (Wildman–Crippen LogP) is 4.04. The lowest BCUT2D eigenvalue weighted by molar-refractivity contribution is 0.0526. The van der Waals surface area contributed by atoms with E-state index in [0.717, 1.165) is 37.7 Å². The van der Waals surface area contributed by atoms with Crippen LogP contribution in [0.15, 0.2) is 24.3 Å². The summed E-state index contributed by atoms with van der Waals surface area (Å²) in [5, 5.41) is 0. The first-order chi connectivity index (χ1) is 11.8. The van der Waals surface area contributed by atoms with Gasteiger partial charge < -0.3 is 14.4 Å². The second kappa shape index (κ2) is 8.52. The first-order valence-electron chi connectivity index (χ1n) is 9.44. The lowest BCUT2D eigenvalue weighted by Gasteiger charge is -2.39. The number of nitrogens with zero attached hydrogens (tertiary/aromatic N) is 1. The summed E-state index contributed by atoms with van der Waals surface area (Å²) >= 11 is 0. The molecule has 0 unspecified atom stereocenters. The highest BCUT2D eigenvalue weighted by molar-refractivity contribution is 5.89. The molecule has 1 saturated carbocycles. The summed E-state index contributed by atoms with van der Waals surface area (Å²) in [6.07, 6.45) is 9.44. The van der Waals surface area contributed by atoms with Crippen molar-refractivity contribution in [3.05, 3.63) is 29.8 Å². The number of benzene rings is 1. The maximum absolute atomic E-state index is 11.7. The molecule has 24 heavy (non-hydrogen) atoms. The summed E-state index contributed by atoms with van der Waals surface area (Å²) in [7, 11) is 0. The van der Waals surface area contributed by atoms with E-state index in [1.165, 1.54) is 32.1 Å². The highest BCUT2D eigenvalue weighted by Gasteiger charge is 2.26. The quantitative estimate of drug-likeness (QED) is 0.763. The van der Waals surface area contributed by atoms with E-state index < -0.39 is 0 Å². The van der Waals surface area contributed by atoms with Crippen molar-refractivity contribution in [2.24, 2.45) is 0 Å². The van der Waals surface area contributed by atoms with Gasteiger partial charge in [-0.1, -0.05) is 19.3 Å². The van der Waals surface area contributed by atoms with Crippen LogP contribution in [0.5, 0.6) is 5.75 Å². The Kier molecular flexibility index (Phi) is 6.13. The van der Waals surface area contributed by atoms with Gasteiger partial charge in [0.05, 0.1) is 12.2 Å². The second-order valence-corrected chi connectivity index (χ2v) is 6.89. The molecule has 1 aromatic rings. The van der Waals surface area contributed by atoms with Gasteiger partial charge in [0, 0.05) is 19.1 Å². The number of esters is 1. The van der Waals surface area contributed by atoms with Gasteiger partial charge in [-0.2, -0.15) is 0 Å². The molecule has 0 aromatic heterocycles. The molecule has 1 aromatic carbocycles. The number of hydrogen-bond donors (Lipinski definition) is 0. The molecule has 0 amide bonds. The van der Waals surface area contributed by atoms with Crippen LogP contribution in [0.4, 0.5) is 0 Å². The molecular formula is C20H29NO3.